The Balaban J connectivity index is 1.30. The molecule has 2 aromatic rings. The van der Waals surface area contributed by atoms with Crippen molar-refractivity contribution in [2.75, 3.05) is 31.5 Å². The number of hydrogen-bond donors (Lipinski definition) is 2. The van der Waals surface area contributed by atoms with Gasteiger partial charge in [0.2, 0.25) is 0 Å². The van der Waals surface area contributed by atoms with E-state index in [1.54, 1.807) is 0 Å². The van der Waals surface area contributed by atoms with Crippen molar-refractivity contribution in [3.05, 3.63) is 54.4 Å². The van der Waals surface area contributed by atoms with Crippen LogP contribution in [0.15, 0.2) is 48.7 Å². The van der Waals surface area contributed by atoms with Gasteiger partial charge in [0, 0.05) is 50.3 Å². The first-order chi connectivity index (χ1) is 11.3. The fraction of sp³-hybridized carbons (Fsp3) is 0.389. The van der Waals surface area contributed by atoms with Crippen LogP contribution < -0.4 is 5.32 Å². The number of carbonyl (C=O) groups is 1. The minimum atomic E-state index is 0.0292. The third-order valence-electron chi connectivity index (χ3n) is 4.93. The van der Waals surface area contributed by atoms with Crippen LogP contribution in [0.1, 0.15) is 5.69 Å². The van der Waals surface area contributed by atoms with Gasteiger partial charge in [-0.3, -0.25) is 4.90 Å². The number of H-pyrrole nitrogens is 1. The molecule has 120 valence electrons. The van der Waals surface area contributed by atoms with Crippen molar-refractivity contribution in [1.82, 2.24) is 14.8 Å². The maximum Gasteiger partial charge on any atom is 0.321 e. The highest BCUT2D eigenvalue weighted by Gasteiger charge is 2.41. The van der Waals surface area contributed by atoms with Gasteiger partial charge in [0.15, 0.2) is 0 Å². The quantitative estimate of drug-likeness (QED) is 0.915. The number of aromatic amines is 1. The molecule has 23 heavy (non-hydrogen) atoms. The lowest BCUT2D eigenvalue weighted by atomic mass is 10.0. The molecule has 1 aromatic carbocycles. The van der Waals surface area contributed by atoms with E-state index in [0.29, 0.717) is 11.8 Å². The third kappa shape index (κ3) is 3.10. The van der Waals surface area contributed by atoms with E-state index in [0.717, 1.165) is 38.4 Å². The molecule has 2 N–H and O–H groups in total. The number of anilines is 1. The number of aromatic nitrogens is 1. The first-order valence-corrected chi connectivity index (χ1v) is 8.23. The van der Waals surface area contributed by atoms with Gasteiger partial charge in [0.05, 0.1) is 0 Å². The normalized spacial score (nSPS) is 23.9. The number of carbonyl (C=O) groups excluding carboxylic acids is 1. The third-order valence-corrected chi connectivity index (χ3v) is 4.93. The fourth-order valence-corrected chi connectivity index (χ4v) is 3.82. The van der Waals surface area contributed by atoms with E-state index in [2.05, 4.69) is 21.3 Å². The van der Waals surface area contributed by atoms with Crippen LogP contribution in [0.25, 0.3) is 0 Å². The molecule has 2 atom stereocenters. The Bertz CT molecular complexity index is 641. The number of nitrogens with one attached hydrogen (secondary N) is 2. The topological polar surface area (TPSA) is 51.4 Å². The summed E-state index contributed by atoms with van der Waals surface area (Å²) in [5, 5.41) is 2.99. The van der Waals surface area contributed by atoms with Crippen LogP contribution in [0.2, 0.25) is 0 Å². The zero-order chi connectivity index (χ0) is 15.6. The summed E-state index contributed by atoms with van der Waals surface area (Å²) in [6.07, 6.45) is 1.97. The van der Waals surface area contributed by atoms with E-state index >= 15 is 0 Å². The molecule has 0 saturated carbocycles. The number of fused-ring (bicyclic) bond motifs is 1. The summed E-state index contributed by atoms with van der Waals surface area (Å²) >= 11 is 0. The second-order valence-corrected chi connectivity index (χ2v) is 6.61. The molecule has 2 saturated heterocycles. The average Bonchev–Trinajstić information content (AvgIpc) is 3.24. The molecule has 2 amide bonds. The highest BCUT2D eigenvalue weighted by Crippen LogP contribution is 2.32. The van der Waals surface area contributed by atoms with E-state index in [1.165, 1.54) is 5.69 Å². The monoisotopic (exact) mass is 310 g/mol. The molecule has 5 heteroatoms. The van der Waals surface area contributed by atoms with Crippen LogP contribution in [0.4, 0.5) is 10.5 Å². The number of benzene rings is 1. The van der Waals surface area contributed by atoms with E-state index in [4.69, 9.17) is 0 Å². The Labute approximate surface area is 136 Å². The number of rotatable bonds is 3. The maximum atomic E-state index is 12.4. The van der Waals surface area contributed by atoms with Crippen molar-refractivity contribution in [1.29, 1.82) is 0 Å². The van der Waals surface area contributed by atoms with Crippen LogP contribution in [0, 0.1) is 11.8 Å². The standard InChI is InChI=1S/C18H22N4O/c23-18(20-16-5-2-1-3-6-16)22-11-14-9-21(10-15(14)12-22)13-17-7-4-8-19-17/h1-8,14-15,19H,9-13H2,(H,20,23). The molecular weight excluding hydrogens is 288 g/mol. The summed E-state index contributed by atoms with van der Waals surface area (Å²) in [4.78, 5) is 20.1. The van der Waals surface area contributed by atoms with Gasteiger partial charge in [-0.05, 0) is 36.1 Å². The lowest BCUT2D eigenvalue weighted by Gasteiger charge is -2.21. The lowest BCUT2D eigenvalue weighted by Crippen LogP contribution is -2.36. The Morgan fingerprint density at radius 1 is 1.04 bits per heavy atom. The fourth-order valence-electron chi connectivity index (χ4n) is 3.82. The summed E-state index contributed by atoms with van der Waals surface area (Å²) in [7, 11) is 0. The molecule has 0 bridgehead atoms. The Morgan fingerprint density at radius 3 is 2.43 bits per heavy atom. The second kappa shape index (κ2) is 6.08. The van der Waals surface area contributed by atoms with E-state index in [1.807, 2.05) is 47.5 Å². The molecule has 2 aliphatic rings. The average molecular weight is 310 g/mol. The van der Waals surface area contributed by atoms with Crippen molar-refractivity contribution < 1.29 is 4.79 Å². The predicted molar refractivity (Wildman–Crippen MR) is 90.1 cm³/mol. The summed E-state index contributed by atoms with van der Waals surface area (Å²) in [6, 6.07) is 13.9. The molecule has 5 nitrogen and oxygen atoms in total. The molecule has 0 radical (unpaired) electrons. The summed E-state index contributed by atoms with van der Waals surface area (Å²) in [6.45, 7) is 4.88. The summed E-state index contributed by atoms with van der Waals surface area (Å²) < 4.78 is 0. The van der Waals surface area contributed by atoms with Crippen molar-refractivity contribution in [2.45, 2.75) is 6.54 Å². The minimum Gasteiger partial charge on any atom is -0.364 e. The maximum absolute atomic E-state index is 12.4. The van der Waals surface area contributed by atoms with E-state index < -0.39 is 0 Å². The van der Waals surface area contributed by atoms with E-state index in [9.17, 15) is 4.79 Å². The Kier molecular flexibility index (Phi) is 3.79. The van der Waals surface area contributed by atoms with Gasteiger partial charge in [-0.25, -0.2) is 4.79 Å². The highest BCUT2D eigenvalue weighted by molar-refractivity contribution is 5.89. The number of amides is 2. The van der Waals surface area contributed by atoms with Gasteiger partial charge >= 0.3 is 6.03 Å². The molecule has 0 spiro atoms. The first-order valence-electron chi connectivity index (χ1n) is 8.23. The van der Waals surface area contributed by atoms with E-state index in [-0.39, 0.29) is 6.03 Å². The van der Waals surface area contributed by atoms with Crippen LogP contribution in [0.3, 0.4) is 0 Å². The molecule has 0 aliphatic carbocycles. The van der Waals surface area contributed by atoms with Crippen LogP contribution in [-0.4, -0.2) is 47.0 Å². The highest BCUT2D eigenvalue weighted by atomic mass is 16.2. The molecule has 4 rings (SSSR count). The second-order valence-electron chi connectivity index (χ2n) is 6.61. The minimum absolute atomic E-state index is 0.0292. The Hall–Kier alpha value is -2.27. The number of urea groups is 1. The number of para-hydroxylation sites is 1. The van der Waals surface area contributed by atoms with Crippen LogP contribution in [-0.2, 0) is 6.54 Å². The van der Waals surface area contributed by atoms with Gasteiger partial charge in [0.1, 0.15) is 0 Å². The van der Waals surface area contributed by atoms with Gasteiger partial charge < -0.3 is 15.2 Å². The molecule has 1 aromatic heterocycles. The van der Waals surface area contributed by atoms with Crippen molar-refractivity contribution in [3.63, 3.8) is 0 Å². The lowest BCUT2D eigenvalue weighted by molar-refractivity contribution is 0.211. The summed E-state index contributed by atoms with van der Waals surface area (Å²) in [5.74, 6) is 1.21. The van der Waals surface area contributed by atoms with Gasteiger partial charge in [-0.2, -0.15) is 0 Å². The molecule has 2 unspecified atom stereocenters. The zero-order valence-electron chi connectivity index (χ0n) is 13.1. The van der Waals surface area contributed by atoms with Crippen LogP contribution >= 0.6 is 0 Å². The number of likely N-dealkylation sites (tertiary alicyclic amines) is 2. The zero-order valence-corrected chi connectivity index (χ0v) is 13.1. The molecule has 2 aliphatic heterocycles. The smallest absolute Gasteiger partial charge is 0.321 e. The number of nitrogens with zero attached hydrogens (tertiary/aromatic N) is 2. The van der Waals surface area contributed by atoms with Crippen molar-refractivity contribution in [3.8, 4) is 0 Å². The van der Waals surface area contributed by atoms with Gasteiger partial charge in [-0.15, -0.1) is 0 Å². The van der Waals surface area contributed by atoms with Gasteiger partial charge in [0.25, 0.3) is 0 Å². The molecule has 3 heterocycles. The summed E-state index contributed by atoms with van der Waals surface area (Å²) in [5.41, 5.74) is 2.13. The molecule has 2 fully saturated rings. The predicted octanol–water partition coefficient (Wildman–Crippen LogP) is 2.61. The van der Waals surface area contributed by atoms with Gasteiger partial charge in [-0.1, -0.05) is 18.2 Å². The largest absolute Gasteiger partial charge is 0.364 e. The Morgan fingerprint density at radius 2 is 1.78 bits per heavy atom. The molecular formula is C18H22N4O. The van der Waals surface area contributed by atoms with Crippen molar-refractivity contribution in [2.24, 2.45) is 11.8 Å². The van der Waals surface area contributed by atoms with Crippen LogP contribution in [0.5, 0.6) is 0 Å². The number of hydrogen-bond acceptors (Lipinski definition) is 2. The first kappa shape index (κ1) is 14.3. The van der Waals surface area contributed by atoms with Crippen molar-refractivity contribution >= 4 is 11.7 Å². The SMILES string of the molecule is O=C(Nc1ccccc1)N1CC2CN(Cc3ccc[nH]3)CC2C1.